The van der Waals surface area contributed by atoms with Crippen LogP contribution >= 0.6 is 0 Å². The van der Waals surface area contributed by atoms with Crippen molar-refractivity contribution in [3.8, 4) is 0 Å². The van der Waals surface area contributed by atoms with Crippen molar-refractivity contribution in [2.24, 2.45) is 0 Å². The molecule has 1 aromatic heterocycles. The summed E-state index contributed by atoms with van der Waals surface area (Å²) in [6.07, 6.45) is 0.630. The number of aromatic amines is 1. The van der Waals surface area contributed by atoms with Gasteiger partial charge in [-0.15, -0.1) is 0 Å². The van der Waals surface area contributed by atoms with Crippen molar-refractivity contribution in [3.05, 3.63) is 46.8 Å². The molecule has 2 aromatic rings. The number of amides is 3. The van der Waals surface area contributed by atoms with Gasteiger partial charge in [-0.2, -0.15) is 5.10 Å². The minimum Gasteiger partial charge on any atom is -0.323 e. The van der Waals surface area contributed by atoms with E-state index in [1.54, 1.807) is 31.2 Å². The van der Waals surface area contributed by atoms with Gasteiger partial charge in [0, 0.05) is 13.0 Å². The molecule has 3 amide bonds. The van der Waals surface area contributed by atoms with Crippen LogP contribution in [-0.4, -0.2) is 39.4 Å². The first kappa shape index (κ1) is 15.9. The standard InChI is InChI=1S/C17H18N4O3/c1-10-15(11(2)20-19-10)18-14(22)8-5-9-21-16(23)12-6-3-4-7-13(12)17(21)24/h3-4,6-7H,5,8-9H2,1-2H3,(H,18,22)(H,19,20). The topological polar surface area (TPSA) is 95.2 Å². The van der Waals surface area contributed by atoms with Crippen molar-refractivity contribution >= 4 is 23.4 Å². The van der Waals surface area contributed by atoms with Gasteiger partial charge < -0.3 is 5.32 Å². The van der Waals surface area contributed by atoms with Gasteiger partial charge in [-0.3, -0.25) is 24.4 Å². The third-order valence-corrected chi connectivity index (χ3v) is 4.06. The van der Waals surface area contributed by atoms with Crippen molar-refractivity contribution < 1.29 is 14.4 Å². The molecule has 0 fully saturated rings. The Kier molecular flexibility index (Phi) is 4.16. The van der Waals surface area contributed by atoms with E-state index in [2.05, 4.69) is 15.5 Å². The normalized spacial score (nSPS) is 13.3. The molecule has 3 rings (SSSR count). The van der Waals surface area contributed by atoms with Gasteiger partial charge in [-0.25, -0.2) is 0 Å². The van der Waals surface area contributed by atoms with Crippen molar-refractivity contribution in [1.82, 2.24) is 15.1 Å². The number of hydrogen-bond acceptors (Lipinski definition) is 4. The largest absolute Gasteiger partial charge is 0.323 e. The molecule has 1 aromatic carbocycles. The Hall–Kier alpha value is -2.96. The van der Waals surface area contributed by atoms with Crippen LogP contribution in [0.1, 0.15) is 44.9 Å². The summed E-state index contributed by atoms with van der Waals surface area (Å²) in [7, 11) is 0. The van der Waals surface area contributed by atoms with E-state index in [1.165, 1.54) is 4.90 Å². The maximum Gasteiger partial charge on any atom is 0.261 e. The summed E-state index contributed by atoms with van der Waals surface area (Å²) in [5.41, 5.74) is 3.05. The number of fused-ring (bicyclic) bond motifs is 1. The van der Waals surface area contributed by atoms with Crippen LogP contribution in [-0.2, 0) is 4.79 Å². The summed E-state index contributed by atoms with van der Waals surface area (Å²) in [6, 6.07) is 6.76. The fraction of sp³-hybridized carbons (Fsp3) is 0.294. The summed E-state index contributed by atoms with van der Waals surface area (Å²) < 4.78 is 0. The van der Waals surface area contributed by atoms with Crippen molar-refractivity contribution in [1.29, 1.82) is 0 Å². The average Bonchev–Trinajstić information content (AvgIpc) is 3.01. The molecule has 0 saturated heterocycles. The van der Waals surface area contributed by atoms with E-state index in [0.29, 0.717) is 23.2 Å². The van der Waals surface area contributed by atoms with Crippen LogP contribution in [0.5, 0.6) is 0 Å². The maximum atomic E-state index is 12.2. The molecule has 0 aliphatic carbocycles. The van der Waals surface area contributed by atoms with Gasteiger partial charge in [0.1, 0.15) is 0 Å². The number of aryl methyl sites for hydroxylation is 2. The van der Waals surface area contributed by atoms with Crippen LogP contribution in [0.4, 0.5) is 5.69 Å². The highest BCUT2D eigenvalue weighted by Gasteiger charge is 2.34. The third-order valence-electron chi connectivity index (χ3n) is 4.06. The number of H-pyrrole nitrogens is 1. The van der Waals surface area contributed by atoms with Gasteiger partial charge in [0.2, 0.25) is 5.91 Å². The van der Waals surface area contributed by atoms with Gasteiger partial charge in [0.25, 0.3) is 11.8 Å². The minimum atomic E-state index is -0.294. The monoisotopic (exact) mass is 326 g/mol. The van der Waals surface area contributed by atoms with Crippen LogP contribution in [0.3, 0.4) is 0 Å². The summed E-state index contributed by atoms with van der Waals surface area (Å²) in [5.74, 6) is -0.755. The van der Waals surface area contributed by atoms with Gasteiger partial charge >= 0.3 is 0 Å². The Morgan fingerprint density at radius 1 is 1.17 bits per heavy atom. The minimum absolute atomic E-state index is 0.167. The third kappa shape index (κ3) is 2.80. The zero-order valence-corrected chi connectivity index (χ0v) is 13.5. The lowest BCUT2D eigenvalue weighted by Crippen LogP contribution is -2.31. The van der Waals surface area contributed by atoms with E-state index in [0.717, 1.165) is 11.4 Å². The van der Waals surface area contributed by atoms with Crippen LogP contribution in [0.2, 0.25) is 0 Å². The Morgan fingerprint density at radius 3 is 2.33 bits per heavy atom. The lowest BCUT2D eigenvalue weighted by atomic mass is 10.1. The fourth-order valence-corrected chi connectivity index (χ4v) is 2.78. The molecule has 124 valence electrons. The number of hydrogen-bond donors (Lipinski definition) is 2. The number of imide groups is 1. The van der Waals surface area contributed by atoms with Crippen molar-refractivity contribution in [2.75, 3.05) is 11.9 Å². The number of benzene rings is 1. The first-order valence-corrected chi connectivity index (χ1v) is 7.75. The zero-order valence-electron chi connectivity index (χ0n) is 13.5. The van der Waals surface area contributed by atoms with E-state index in [-0.39, 0.29) is 30.7 Å². The first-order chi connectivity index (χ1) is 11.5. The molecule has 0 atom stereocenters. The van der Waals surface area contributed by atoms with E-state index < -0.39 is 0 Å². The van der Waals surface area contributed by atoms with Gasteiger partial charge in [0.15, 0.2) is 0 Å². The van der Waals surface area contributed by atoms with Crippen LogP contribution < -0.4 is 5.32 Å². The van der Waals surface area contributed by atoms with E-state index in [9.17, 15) is 14.4 Å². The average molecular weight is 326 g/mol. The SMILES string of the molecule is Cc1n[nH]c(C)c1NC(=O)CCCN1C(=O)c2ccccc2C1=O. The second kappa shape index (κ2) is 6.27. The number of carbonyl (C=O) groups excluding carboxylic acids is 3. The molecule has 0 radical (unpaired) electrons. The fourth-order valence-electron chi connectivity index (χ4n) is 2.78. The second-order valence-corrected chi connectivity index (χ2v) is 5.77. The Bertz CT molecular complexity index is 770. The Morgan fingerprint density at radius 2 is 1.79 bits per heavy atom. The summed E-state index contributed by atoms with van der Waals surface area (Å²) in [4.78, 5) is 37.7. The number of aromatic nitrogens is 2. The molecule has 24 heavy (non-hydrogen) atoms. The molecule has 0 saturated carbocycles. The molecule has 0 spiro atoms. The molecule has 1 aliphatic heterocycles. The van der Waals surface area contributed by atoms with E-state index >= 15 is 0 Å². The van der Waals surface area contributed by atoms with Crippen LogP contribution in [0.25, 0.3) is 0 Å². The van der Waals surface area contributed by atoms with E-state index in [4.69, 9.17) is 0 Å². The molecule has 2 heterocycles. The molecule has 1 aliphatic rings. The first-order valence-electron chi connectivity index (χ1n) is 7.75. The van der Waals surface area contributed by atoms with Gasteiger partial charge in [-0.05, 0) is 32.4 Å². The van der Waals surface area contributed by atoms with E-state index in [1.807, 2.05) is 6.92 Å². The Labute approximate surface area is 139 Å². The molecule has 2 N–H and O–H groups in total. The predicted molar refractivity (Wildman–Crippen MR) is 87.7 cm³/mol. The predicted octanol–water partition coefficient (Wildman–Crippen LogP) is 2.04. The van der Waals surface area contributed by atoms with Gasteiger partial charge in [-0.1, -0.05) is 12.1 Å². The van der Waals surface area contributed by atoms with Gasteiger partial charge in [0.05, 0.1) is 28.2 Å². The molecule has 7 heteroatoms. The summed E-state index contributed by atoms with van der Waals surface area (Å²) in [5, 5.41) is 9.62. The number of anilines is 1. The molecule has 7 nitrogen and oxygen atoms in total. The molecular weight excluding hydrogens is 308 g/mol. The summed E-state index contributed by atoms with van der Waals surface area (Å²) in [6.45, 7) is 3.86. The lowest BCUT2D eigenvalue weighted by molar-refractivity contribution is -0.116. The highest BCUT2D eigenvalue weighted by molar-refractivity contribution is 6.21. The number of nitrogens with one attached hydrogen (secondary N) is 2. The number of carbonyl (C=O) groups is 3. The highest BCUT2D eigenvalue weighted by Crippen LogP contribution is 2.23. The molecule has 0 bridgehead atoms. The lowest BCUT2D eigenvalue weighted by Gasteiger charge is -2.13. The van der Waals surface area contributed by atoms with Crippen molar-refractivity contribution in [2.45, 2.75) is 26.7 Å². The smallest absolute Gasteiger partial charge is 0.261 e. The van der Waals surface area contributed by atoms with Crippen molar-refractivity contribution in [3.63, 3.8) is 0 Å². The Balaban J connectivity index is 1.55. The highest BCUT2D eigenvalue weighted by atomic mass is 16.2. The zero-order chi connectivity index (χ0) is 17.3. The maximum absolute atomic E-state index is 12.2. The second-order valence-electron chi connectivity index (χ2n) is 5.77. The summed E-state index contributed by atoms with van der Waals surface area (Å²) >= 11 is 0. The quantitative estimate of drug-likeness (QED) is 0.822. The van der Waals surface area contributed by atoms with Crippen LogP contribution in [0.15, 0.2) is 24.3 Å². The molecule has 0 unspecified atom stereocenters. The molecular formula is C17H18N4O3. The number of rotatable bonds is 5. The van der Waals surface area contributed by atoms with Crippen LogP contribution in [0, 0.1) is 13.8 Å². The number of nitrogens with zero attached hydrogens (tertiary/aromatic N) is 2.